The van der Waals surface area contributed by atoms with Crippen molar-refractivity contribution in [2.75, 3.05) is 19.5 Å². The lowest BCUT2D eigenvalue weighted by Gasteiger charge is -2.23. The highest BCUT2D eigenvalue weighted by Gasteiger charge is 2.16. The maximum absolute atomic E-state index is 12.0. The molecule has 0 atom stereocenters. The van der Waals surface area contributed by atoms with Gasteiger partial charge in [-0.05, 0) is 20.8 Å². The van der Waals surface area contributed by atoms with Gasteiger partial charge in [-0.25, -0.2) is 9.99 Å². The zero-order valence-corrected chi connectivity index (χ0v) is 9.90. The van der Waals surface area contributed by atoms with Crippen LogP contribution in [0.3, 0.4) is 0 Å². The summed E-state index contributed by atoms with van der Waals surface area (Å²) in [7, 11) is 3.63. The molecule has 0 aromatic carbocycles. The van der Waals surface area contributed by atoms with Crippen molar-refractivity contribution in [1.82, 2.24) is 14.6 Å². The second-order valence-electron chi connectivity index (χ2n) is 4.63. The van der Waals surface area contributed by atoms with Crippen LogP contribution >= 0.6 is 0 Å². The highest BCUT2D eigenvalue weighted by atomic mass is 16.1. The molecule has 0 saturated carbocycles. The molecule has 84 valence electrons. The molecule has 1 N–H and O–H groups in total. The van der Waals surface area contributed by atoms with E-state index in [1.54, 1.807) is 22.0 Å². The number of hydrogen-bond donors (Lipinski definition) is 1. The number of aromatic nitrogens is 2. The number of hydrogen-bond acceptors (Lipinski definition) is 4. The van der Waals surface area contributed by atoms with Gasteiger partial charge < -0.3 is 4.57 Å². The Balaban J connectivity index is 3.18. The normalized spacial score (nSPS) is 11.9. The van der Waals surface area contributed by atoms with Crippen LogP contribution in [0.4, 0.5) is 5.82 Å². The Hall–Kier alpha value is -1.36. The third-order valence-electron chi connectivity index (χ3n) is 1.89. The Bertz CT molecular complexity index is 389. The summed E-state index contributed by atoms with van der Waals surface area (Å²) in [5, 5.41) is 1.69. The molecule has 1 heterocycles. The van der Waals surface area contributed by atoms with Gasteiger partial charge in [0.05, 0.1) is 0 Å². The Morgan fingerprint density at radius 1 is 1.40 bits per heavy atom. The fourth-order valence-electron chi connectivity index (χ4n) is 1.23. The molecule has 15 heavy (non-hydrogen) atoms. The molecule has 0 amide bonds. The van der Waals surface area contributed by atoms with Crippen LogP contribution in [0.2, 0.25) is 0 Å². The van der Waals surface area contributed by atoms with Crippen LogP contribution in [0.25, 0.3) is 0 Å². The minimum Gasteiger partial charge on any atom is -0.306 e. The first-order chi connectivity index (χ1) is 6.82. The van der Waals surface area contributed by atoms with Crippen molar-refractivity contribution in [1.29, 1.82) is 0 Å². The molecule has 1 aromatic rings. The highest BCUT2D eigenvalue weighted by molar-refractivity contribution is 5.29. The minimum atomic E-state index is -0.233. The van der Waals surface area contributed by atoms with Gasteiger partial charge in [-0.1, -0.05) is 0 Å². The van der Waals surface area contributed by atoms with Crippen molar-refractivity contribution in [2.24, 2.45) is 0 Å². The molecule has 0 aliphatic heterocycles. The Labute approximate surface area is 89.7 Å². The molecule has 5 nitrogen and oxygen atoms in total. The van der Waals surface area contributed by atoms with Gasteiger partial charge in [0.2, 0.25) is 5.82 Å². The van der Waals surface area contributed by atoms with E-state index in [4.69, 9.17) is 0 Å². The van der Waals surface area contributed by atoms with Crippen molar-refractivity contribution in [3.8, 4) is 0 Å². The largest absolute Gasteiger partial charge is 0.306 e. The second kappa shape index (κ2) is 4.02. The van der Waals surface area contributed by atoms with Crippen molar-refractivity contribution in [3.05, 3.63) is 22.7 Å². The average molecular weight is 210 g/mol. The lowest BCUT2D eigenvalue weighted by atomic mass is 10.1. The van der Waals surface area contributed by atoms with Crippen molar-refractivity contribution < 1.29 is 0 Å². The number of rotatable bonds is 2. The number of anilines is 1. The fourth-order valence-corrected chi connectivity index (χ4v) is 1.23. The van der Waals surface area contributed by atoms with Crippen molar-refractivity contribution >= 4 is 5.82 Å². The zero-order chi connectivity index (χ0) is 11.6. The van der Waals surface area contributed by atoms with Gasteiger partial charge in [-0.3, -0.25) is 10.2 Å². The van der Waals surface area contributed by atoms with Gasteiger partial charge in [-0.15, -0.1) is 0 Å². The predicted molar refractivity (Wildman–Crippen MR) is 60.8 cm³/mol. The summed E-state index contributed by atoms with van der Waals surface area (Å²) in [6.07, 6.45) is 3.32. The first-order valence-electron chi connectivity index (χ1n) is 4.84. The Morgan fingerprint density at radius 3 is 2.47 bits per heavy atom. The standard InChI is InChI=1S/C10H18N4O/c1-10(2,3)14-7-6-11-8(9(14)15)12-13(4)5/h6-7H,1-5H3,(H,11,12). The van der Waals surface area contributed by atoms with Crippen molar-refractivity contribution in [3.63, 3.8) is 0 Å². The molecule has 0 fully saturated rings. The molecule has 5 heteroatoms. The van der Waals surface area contributed by atoms with Gasteiger partial charge in [0.25, 0.3) is 5.56 Å². The molecule has 0 aliphatic carbocycles. The lowest BCUT2D eigenvalue weighted by Crippen LogP contribution is -2.37. The summed E-state index contributed by atoms with van der Waals surface area (Å²) in [6.45, 7) is 5.94. The maximum atomic E-state index is 12.0. The van der Waals surface area contributed by atoms with Crippen LogP contribution in [0, 0.1) is 0 Å². The molecule has 1 aromatic heterocycles. The maximum Gasteiger partial charge on any atom is 0.295 e. The number of nitrogens with one attached hydrogen (secondary N) is 1. The average Bonchev–Trinajstić information content (AvgIpc) is 2.05. The summed E-state index contributed by atoms with van der Waals surface area (Å²) in [5.41, 5.74) is 2.53. The smallest absolute Gasteiger partial charge is 0.295 e. The van der Waals surface area contributed by atoms with E-state index in [9.17, 15) is 4.79 Å². The van der Waals surface area contributed by atoms with Gasteiger partial charge in [-0.2, -0.15) is 0 Å². The summed E-state index contributed by atoms with van der Waals surface area (Å²) in [5.74, 6) is 0.345. The molecule has 1 rings (SSSR count). The fraction of sp³-hybridized carbons (Fsp3) is 0.600. The third-order valence-corrected chi connectivity index (χ3v) is 1.89. The number of hydrazine groups is 1. The summed E-state index contributed by atoms with van der Waals surface area (Å²) in [6, 6.07) is 0. The topological polar surface area (TPSA) is 50.2 Å². The van der Waals surface area contributed by atoms with Crippen LogP contribution in [0.15, 0.2) is 17.2 Å². The van der Waals surface area contributed by atoms with E-state index in [0.717, 1.165) is 0 Å². The van der Waals surface area contributed by atoms with Crippen LogP contribution in [0.5, 0.6) is 0 Å². The SMILES string of the molecule is CN(C)Nc1nccn(C(C)(C)C)c1=O. The minimum absolute atomic E-state index is 0.112. The monoisotopic (exact) mass is 210 g/mol. The molecule has 0 bridgehead atoms. The van der Waals surface area contributed by atoms with E-state index in [2.05, 4.69) is 10.4 Å². The van der Waals surface area contributed by atoms with Gasteiger partial charge in [0.1, 0.15) is 0 Å². The van der Waals surface area contributed by atoms with Crippen LogP contribution in [-0.4, -0.2) is 28.7 Å². The summed E-state index contributed by atoms with van der Waals surface area (Å²) < 4.78 is 1.66. The van der Waals surface area contributed by atoms with Crippen LogP contribution in [-0.2, 0) is 5.54 Å². The quantitative estimate of drug-likeness (QED) is 0.736. The van der Waals surface area contributed by atoms with Crippen LogP contribution < -0.4 is 11.0 Å². The van der Waals surface area contributed by atoms with Gasteiger partial charge in [0.15, 0.2) is 0 Å². The first kappa shape index (κ1) is 11.7. The molecule has 0 aliphatic rings. The van der Waals surface area contributed by atoms with E-state index in [0.29, 0.717) is 5.82 Å². The van der Waals surface area contributed by atoms with E-state index in [1.165, 1.54) is 0 Å². The van der Waals surface area contributed by atoms with Gasteiger partial charge in [0, 0.05) is 32.0 Å². The number of nitrogens with zero attached hydrogens (tertiary/aromatic N) is 3. The molecule has 0 unspecified atom stereocenters. The van der Waals surface area contributed by atoms with E-state index >= 15 is 0 Å². The van der Waals surface area contributed by atoms with E-state index < -0.39 is 0 Å². The molecule has 0 radical (unpaired) electrons. The molecule has 0 spiro atoms. The van der Waals surface area contributed by atoms with Crippen LogP contribution in [0.1, 0.15) is 20.8 Å². The summed E-state index contributed by atoms with van der Waals surface area (Å²) >= 11 is 0. The van der Waals surface area contributed by atoms with Crippen molar-refractivity contribution in [2.45, 2.75) is 26.3 Å². The third kappa shape index (κ3) is 2.79. The van der Waals surface area contributed by atoms with E-state index in [1.807, 2.05) is 34.9 Å². The molecular formula is C10H18N4O. The molecular weight excluding hydrogens is 192 g/mol. The molecule has 0 saturated heterocycles. The zero-order valence-electron chi connectivity index (χ0n) is 9.90. The Morgan fingerprint density at radius 2 is 2.00 bits per heavy atom. The highest BCUT2D eigenvalue weighted by Crippen LogP contribution is 2.10. The summed E-state index contributed by atoms with van der Waals surface area (Å²) in [4.78, 5) is 16.0. The Kier molecular flexibility index (Phi) is 3.14. The predicted octanol–water partition coefficient (Wildman–Crippen LogP) is 0.887. The van der Waals surface area contributed by atoms with Gasteiger partial charge >= 0.3 is 0 Å². The first-order valence-corrected chi connectivity index (χ1v) is 4.84. The lowest BCUT2D eigenvalue weighted by molar-refractivity contribution is 0.381. The second-order valence-corrected chi connectivity index (χ2v) is 4.63. The van der Waals surface area contributed by atoms with E-state index in [-0.39, 0.29) is 11.1 Å².